The molecule has 3 heterocycles. The Morgan fingerprint density at radius 3 is 2.77 bits per heavy atom. The number of aliphatic imine (C=N–C) groups is 1. The van der Waals surface area contributed by atoms with Crippen molar-refractivity contribution in [3.63, 3.8) is 0 Å². The number of guanidine groups is 1. The van der Waals surface area contributed by atoms with E-state index < -0.39 is 0 Å². The number of carbonyl (C=O) groups is 1. The molecule has 1 amide bonds. The Kier molecular flexibility index (Phi) is 6.44. The number of hydrogen-bond acceptors (Lipinski definition) is 4. The van der Waals surface area contributed by atoms with Crippen molar-refractivity contribution in [1.29, 1.82) is 0 Å². The molecular formula is C19H29N5O2. The van der Waals surface area contributed by atoms with Gasteiger partial charge in [-0.3, -0.25) is 9.78 Å². The molecule has 0 radical (unpaired) electrons. The second-order valence-electron chi connectivity index (χ2n) is 6.75. The molecule has 3 rings (SSSR count). The largest absolute Gasteiger partial charge is 0.368 e. The van der Waals surface area contributed by atoms with Crippen LogP contribution in [0.3, 0.4) is 0 Å². The number of pyridine rings is 1. The summed E-state index contributed by atoms with van der Waals surface area (Å²) in [6, 6.07) is 4.00. The van der Waals surface area contributed by atoms with Gasteiger partial charge in [-0.25, -0.2) is 4.99 Å². The van der Waals surface area contributed by atoms with Crippen LogP contribution in [-0.4, -0.2) is 72.1 Å². The molecule has 7 heteroatoms. The zero-order valence-electron chi connectivity index (χ0n) is 15.8. The Morgan fingerprint density at radius 2 is 2.12 bits per heavy atom. The number of aryl methyl sites for hydroxylation is 1. The predicted molar refractivity (Wildman–Crippen MR) is 101 cm³/mol. The molecule has 26 heavy (non-hydrogen) atoms. The van der Waals surface area contributed by atoms with Gasteiger partial charge in [0.2, 0.25) is 0 Å². The second-order valence-corrected chi connectivity index (χ2v) is 6.75. The van der Waals surface area contributed by atoms with Crippen molar-refractivity contribution in [2.24, 2.45) is 4.99 Å². The lowest BCUT2D eigenvalue weighted by Crippen LogP contribution is -2.55. The zero-order chi connectivity index (χ0) is 18.4. The second kappa shape index (κ2) is 8.98. The topological polar surface area (TPSA) is 70.1 Å². The molecule has 0 spiro atoms. The average Bonchev–Trinajstić information content (AvgIpc) is 3.21. The molecule has 1 atom stereocenters. The first-order valence-electron chi connectivity index (χ1n) is 9.53. The maximum Gasteiger partial charge on any atom is 0.251 e. The van der Waals surface area contributed by atoms with Crippen LogP contribution >= 0.6 is 0 Å². The van der Waals surface area contributed by atoms with Crippen LogP contribution in [0.15, 0.2) is 23.3 Å². The fourth-order valence-corrected chi connectivity index (χ4v) is 3.37. The van der Waals surface area contributed by atoms with Crippen molar-refractivity contribution >= 4 is 11.9 Å². The molecule has 2 fully saturated rings. The van der Waals surface area contributed by atoms with Crippen molar-refractivity contribution in [2.75, 3.05) is 39.3 Å². The average molecular weight is 359 g/mol. The monoisotopic (exact) mass is 359 g/mol. The van der Waals surface area contributed by atoms with Crippen molar-refractivity contribution in [3.05, 3.63) is 29.6 Å². The lowest BCUT2D eigenvalue weighted by Gasteiger charge is -2.37. The molecule has 1 unspecified atom stereocenters. The molecule has 7 nitrogen and oxygen atoms in total. The van der Waals surface area contributed by atoms with Gasteiger partial charge in [0.1, 0.15) is 6.10 Å². The van der Waals surface area contributed by atoms with Gasteiger partial charge in [0, 0.05) is 45.5 Å². The van der Waals surface area contributed by atoms with E-state index in [1.54, 1.807) is 6.20 Å². The molecule has 142 valence electrons. The fourth-order valence-electron chi connectivity index (χ4n) is 3.37. The normalized spacial score (nSPS) is 21.2. The third-order valence-electron chi connectivity index (χ3n) is 4.93. The molecule has 0 saturated carbocycles. The van der Waals surface area contributed by atoms with Crippen molar-refractivity contribution in [3.8, 4) is 0 Å². The highest BCUT2D eigenvalue weighted by Gasteiger charge is 2.30. The van der Waals surface area contributed by atoms with E-state index in [9.17, 15) is 4.79 Å². The van der Waals surface area contributed by atoms with E-state index >= 15 is 0 Å². The summed E-state index contributed by atoms with van der Waals surface area (Å²) in [6.07, 6.45) is 3.42. The first kappa shape index (κ1) is 18.6. The third kappa shape index (κ3) is 4.52. The van der Waals surface area contributed by atoms with E-state index in [4.69, 9.17) is 9.73 Å². The minimum atomic E-state index is -0.226. The smallest absolute Gasteiger partial charge is 0.251 e. The highest BCUT2D eigenvalue weighted by atomic mass is 16.5. The number of nitrogens with zero attached hydrogens (tertiary/aromatic N) is 4. The Balaban J connectivity index is 1.58. The van der Waals surface area contributed by atoms with E-state index in [0.717, 1.165) is 49.7 Å². The highest BCUT2D eigenvalue weighted by molar-refractivity contribution is 5.82. The summed E-state index contributed by atoms with van der Waals surface area (Å²) in [7, 11) is 0. The summed E-state index contributed by atoms with van der Waals surface area (Å²) in [4.78, 5) is 25.8. The van der Waals surface area contributed by atoms with Crippen molar-refractivity contribution in [2.45, 2.75) is 39.3 Å². The maximum absolute atomic E-state index is 12.5. The van der Waals surface area contributed by atoms with Crippen LogP contribution in [0.5, 0.6) is 0 Å². The van der Waals surface area contributed by atoms with Gasteiger partial charge in [-0.2, -0.15) is 0 Å². The lowest BCUT2D eigenvalue weighted by atomic mass is 10.2. The van der Waals surface area contributed by atoms with Gasteiger partial charge in [-0.15, -0.1) is 0 Å². The van der Waals surface area contributed by atoms with Gasteiger partial charge in [-0.1, -0.05) is 6.07 Å². The lowest BCUT2D eigenvalue weighted by molar-refractivity contribution is -0.142. The predicted octanol–water partition coefficient (Wildman–Crippen LogP) is 1.18. The van der Waals surface area contributed by atoms with Crippen molar-refractivity contribution < 1.29 is 9.53 Å². The molecular weight excluding hydrogens is 330 g/mol. The van der Waals surface area contributed by atoms with E-state index in [0.29, 0.717) is 26.2 Å². The molecule has 1 N–H and O–H groups in total. The van der Waals surface area contributed by atoms with Crippen LogP contribution in [-0.2, 0) is 16.1 Å². The molecule has 0 aliphatic carbocycles. The Bertz CT molecular complexity index is 635. The zero-order valence-corrected chi connectivity index (χ0v) is 15.8. The number of ether oxygens (including phenoxy) is 1. The standard InChI is InChI=1S/C19H29N5O2/c1-3-20-19(22-14-16-15(2)6-4-8-21-16)24-11-9-23(10-12-24)18(25)17-7-5-13-26-17/h4,6,8,17H,3,5,7,9-14H2,1-2H3,(H,20,22). The van der Waals surface area contributed by atoms with Gasteiger partial charge in [-0.05, 0) is 38.3 Å². The van der Waals surface area contributed by atoms with E-state index in [1.807, 2.05) is 11.0 Å². The van der Waals surface area contributed by atoms with Crippen LogP contribution in [0.25, 0.3) is 0 Å². The fraction of sp³-hybridized carbons (Fsp3) is 0.632. The number of carbonyl (C=O) groups excluding carboxylic acids is 1. The molecule has 1 aromatic heterocycles. The van der Waals surface area contributed by atoms with Gasteiger partial charge in [0.05, 0.1) is 12.2 Å². The third-order valence-corrected chi connectivity index (χ3v) is 4.93. The SMILES string of the molecule is CCNC(=NCc1ncccc1C)N1CCN(C(=O)C2CCCO2)CC1. The van der Waals surface area contributed by atoms with Gasteiger partial charge in [0.25, 0.3) is 5.91 Å². The number of amides is 1. The Morgan fingerprint density at radius 1 is 1.35 bits per heavy atom. The summed E-state index contributed by atoms with van der Waals surface area (Å²) in [5.74, 6) is 1.04. The summed E-state index contributed by atoms with van der Waals surface area (Å²) >= 11 is 0. The Hall–Kier alpha value is -2.15. The van der Waals surface area contributed by atoms with Gasteiger partial charge >= 0.3 is 0 Å². The number of piperazine rings is 1. The van der Waals surface area contributed by atoms with Crippen LogP contribution < -0.4 is 5.32 Å². The Labute approximate surface area is 155 Å². The first-order valence-corrected chi connectivity index (χ1v) is 9.53. The number of nitrogens with one attached hydrogen (secondary N) is 1. The minimum Gasteiger partial charge on any atom is -0.368 e. The van der Waals surface area contributed by atoms with E-state index in [-0.39, 0.29) is 12.0 Å². The minimum absolute atomic E-state index is 0.146. The molecule has 0 bridgehead atoms. The number of aromatic nitrogens is 1. The summed E-state index contributed by atoms with van der Waals surface area (Å²) in [6.45, 7) is 9.20. The molecule has 2 aliphatic heterocycles. The molecule has 1 aromatic rings. The van der Waals surface area contributed by atoms with Crippen LogP contribution in [0.1, 0.15) is 31.0 Å². The molecule has 0 aromatic carbocycles. The van der Waals surface area contributed by atoms with Crippen LogP contribution in [0.2, 0.25) is 0 Å². The van der Waals surface area contributed by atoms with Gasteiger partial charge in [0.15, 0.2) is 5.96 Å². The van der Waals surface area contributed by atoms with Crippen LogP contribution in [0.4, 0.5) is 0 Å². The quantitative estimate of drug-likeness (QED) is 0.646. The van der Waals surface area contributed by atoms with E-state index in [2.05, 4.69) is 35.1 Å². The van der Waals surface area contributed by atoms with Crippen molar-refractivity contribution in [1.82, 2.24) is 20.1 Å². The highest BCUT2D eigenvalue weighted by Crippen LogP contribution is 2.16. The first-order chi connectivity index (χ1) is 12.7. The summed E-state index contributed by atoms with van der Waals surface area (Å²) in [5, 5.41) is 3.36. The van der Waals surface area contributed by atoms with E-state index in [1.165, 1.54) is 0 Å². The molecule has 2 aliphatic rings. The summed E-state index contributed by atoms with van der Waals surface area (Å²) < 4.78 is 5.53. The molecule has 2 saturated heterocycles. The maximum atomic E-state index is 12.5. The van der Waals surface area contributed by atoms with Crippen LogP contribution in [0, 0.1) is 6.92 Å². The number of rotatable bonds is 4. The number of hydrogen-bond donors (Lipinski definition) is 1. The summed E-state index contributed by atoms with van der Waals surface area (Å²) in [5.41, 5.74) is 2.15. The van der Waals surface area contributed by atoms with Gasteiger partial charge < -0.3 is 19.9 Å².